The molecule has 0 spiro atoms. The molecule has 0 aromatic carbocycles. The molecule has 15 heavy (non-hydrogen) atoms. The molecule has 0 radical (unpaired) electrons. The minimum absolute atomic E-state index is 0.263. The second-order valence-corrected chi connectivity index (χ2v) is 4.70. The van der Waals surface area contributed by atoms with Gasteiger partial charge in [-0.05, 0) is 47.8 Å². The van der Waals surface area contributed by atoms with E-state index in [4.69, 9.17) is 9.15 Å². The Balaban J connectivity index is 1.88. The third-order valence-corrected chi connectivity index (χ3v) is 3.15. The molecule has 2 heterocycles. The van der Waals surface area contributed by atoms with Crippen molar-refractivity contribution >= 4 is 15.9 Å². The maximum absolute atomic E-state index is 5.51. The van der Waals surface area contributed by atoms with Crippen LogP contribution in [0, 0.1) is 0 Å². The lowest BCUT2D eigenvalue weighted by molar-refractivity contribution is 0.0746. The summed E-state index contributed by atoms with van der Waals surface area (Å²) < 4.78 is 11.6. The van der Waals surface area contributed by atoms with Crippen LogP contribution >= 0.6 is 15.9 Å². The monoisotopic (exact) mass is 273 g/mol. The zero-order chi connectivity index (χ0) is 10.7. The summed E-state index contributed by atoms with van der Waals surface area (Å²) in [7, 11) is 0. The standard InChI is InChI=1S/C11H16BrNO2/c1-8(10-2-3-11(12)15-10)13-9-4-6-14-7-5-9/h2-3,8-9,13H,4-7H2,1H3. The lowest BCUT2D eigenvalue weighted by Crippen LogP contribution is -2.36. The molecule has 1 fully saturated rings. The average Bonchev–Trinajstić information content (AvgIpc) is 2.66. The number of nitrogens with one attached hydrogen (secondary N) is 1. The first kappa shape index (κ1) is 11.2. The van der Waals surface area contributed by atoms with Crippen molar-refractivity contribution in [2.45, 2.75) is 31.8 Å². The van der Waals surface area contributed by atoms with Crippen molar-refractivity contribution in [3.63, 3.8) is 0 Å². The molecule has 1 aromatic rings. The molecule has 1 aliphatic rings. The number of furan rings is 1. The topological polar surface area (TPSA) is 34.4 Å². The highest BCUT2D eigenvalue weighted by Gasteiger charge is 2.18. The third-order valence-electron chi connectivity index (χ3n) is 2.73. The minimum atomic E-state index is 0.263. The van der Waals surface area contributed by atoms with E-state index in [1.54, 1.807) is 0 Å². The lowest BCUT2D eigenvalue weighted by atomic mass is 10.1. The van der Waals surface area contributed by atoms with Crippen LogP contribution in [-0.4, -0.2) is 19.3 Å². The second-order valence-electron chi connectivity index (χ2n) is 3.92. The van der Waals surface area contributed by atoms with Crippen molar-refractivity contribution in [2.24, 2.45) is 0 Å². The maximum atomic E-state index is 5.51. The van der Waals surface area contributed by atoms with E-state index >= 15 is 0 Å². The van der Waals surface area contributed by atoms with Gasteiger partial charge in [-0.3, -0.25) is 0 Å². The molecular formula is C11H16BrNO2. The quantitative estimate of drug-likeness (QED) is 0.920. The first-order valence-corrected chi connectivity index (χ1v) is 6.14. The first-order chi connectivity index (χ1) is 7.25. The van der Waals surface area contributed by atoms with Gasteiger partial charge < -0.3 is 14.5 Å². The molecule has 1 aliphatic heterocycles. The van der Waals surface area contributed by atoms with Gasteiger partial charge in [-0.1, -0.05) is 0 Å². The molecule has 0 aliphatic carbocycles. The molecule has 1 N–H and O–H groups in total. The summed E-state index contributed by atoms with van der Waals surface area (Å²) in [5.41, 5.74) is 0. The predicted octanol–water partition coefficient (Wildman–Crippen LogP) is 2.87. The van der Waals surface area contributed by atoms with Crippen LogP contribution < -0.4 is 5.32 Å². The Hall–Kier alpha value is -0.320. The van der Waals surface area contributed by atoms with E-state index in [0.29, 0.717) is 6.04 Å². The van der Waals surface area contributed by atoms with Gasteiger partial charge in [0, 0.05) is 19.3 Å². The lowest BCUT2D eigenvalue weighted by Gasteiger charge is -2.25. The summed E-state index contributed by atoms with van der Waals surface area (Å²) in [6, 6.07) is 4.75. The van der Waals surface area contributed by atoms with E-state index in [0.717, 1.165) is 36.5 Å². The zero-order valence-corrected chi connectivity index (χ0v) is 10.4. The van der Waals surface area contributed by atoms with E-state index in [1.807, 2.05) is 12.1 Å². The van der Waals surface area contributed by atoms with Gasteiger partial charge in [-0.15, -0.1) is 0 Å². The third kappa shape index (κ3) is 3.06. The van der Waals surface area contributed by atoms with E-state index in [-0.39, 0.29) is 6.04 Å². The van der Waals surface area contributed by atoms with Gasteiger partial charge in [0.2, 0.25) is 0 Å². The van der Waals surface area contributed by atoms with E-state index in [1.165, 1.54) is 0 Å². The molecule has 1 unspecified atom stereocenters. The van der Waals surface area contributed by atoms with Gasteiger partial charge >= 0.3 is 0 Å². The number of ether oxygens (including phenoxy) is 1. The van der Waals surface area contributed by atoms with Crippen molar-refractivity contribution in [3.05, 3.63) is 22.6 Å². The van der Waals surface area contributed by atoms with Gasteiger partial charge in [-0.2, -0.15) is 0 Å². The number of hydrogen-bond donors (Lipinski definition) is 1. The highest BCUT2D eigenvalue weighted by Crippen LogP contribution is 2.21. The van der Waals surface area contributed by atoms with Crippen molar-refractivity contribution in [1.29, 1.82) is 0 Å². The first-order valence-electron chi connectivity index (χ1n) is 5.35. The van der Waals surface area contributed by atoms with Crippen LogP contribution in [0.25, 0.3) is 0 Å². The predicted molar refractivity (Wildman–Crippen MR) is 61.8 cm³/mol. The van der Waals surface area contributed by atoms with E-state index in [9.17, 15) is 0 Å². The largest absolute Gasteiger partial charge is 0.453 e. The summed E-state index contributed by atoms with van der Waals surface area (Å²) in [4.78, 5) is 0. The Labute approximate surface area is 98.3 Å². The normalized spacial score (nSPS) is 20.4. The molecule has 1 aromatic heterocycles. The second kappa shape index (κ2) is 5.14. The number of halogens is 1. The van der Waals surface area contributed by atoms with Gasteiger partial charge in [0.25, 0.3) is 0 Å². The maximum Gasteiger partial charge on any atom is 0.169 e. The molecule has 0 amide bonds. The van der Waals surface area contributed by atoms with Crippen molar-refractivity contribution < 1.29 is 9.15 Å². The Morgan fingerprint density at radius 1 is 1.40 bits per heavy atom. The van der Waals surface area contributed by atoms with Gasteiger partial charge in [0.15, 0.2) is 4.67 Å². The molecular weight excluding hydrogens is 258 g/mol. The molecule has 2 rings (SSSR count). The average molecular weight is 274 g/mol. The van der Waals surface area contributed by atoms with Crippen LogP contribution in [0.2, 0.25) is 0 Å². The van der Waals surface area contributed by atoms with Crippen LogP contribution in [-0.2, 0) is 4.74 Å². The molecule has 0 bridgehead atoms. The fourth-order valence-corrected chi connectivity index (χ4v) is 2.18. The van der Waals surface area contributed by atoms with Crippen LogP contribution in [0.15, 0.2) is 21.2 Å². The van der Waals surface area contributed by atoms with Gasteiger partial charge in [0.05, 0.1) is 6.04 Å². The van der Waals surface area contributed by atoms with Gasteiger partial charge in [0.1, 0.15) is 5.76 Å². The van der Waals surface area contributed by atoms with E-state index < -0.39 is 0 Å². The number of rotatable bonds is 3. The van der Waals surface area contributed by atoms with Crippen LogP contribution in [0.1, 0.15) is 31.6 Å². The van der Waals surface area contributed by atoms with Crippen LogP contribution in [0.4, 0.5) is 0 Å². The summed E-state index contributed by atoms with van der Waals surface area (Å²) >= 11 is 3.31. The van der Waals surface area contributed by atoms with E-state index in [2.05, 4.69) is 28.2 Å². The molecule has 4 heteroatoms. The zero-order valence-electron chi connectivity index (χ0n) is 8.83. The molecule has 1 atom stereocenters. The Morgan fingerprint density at radius 2 is 2.13 bits per heavy atom. The fraction of sp³-hybridized carbons (Fsp3) is 0.636. The Morgan fingerprint density at radius 3 is 2.73 bits per heavy atom. The fourth-order valence-electron chi connectivity index (χ4n) is 1.86. The smallest absolute Gasteiger partial charge is 0.169 e. The highest BCUT2D eigenvalue weighted by atomic mass is 79.9. The summed E-state index contributed by atoms with van der Waals surface area (Å²) in [5.74, 6) is 0.980. The van der Waals surface area contributed by atoms with Crippen molar-refractivity contribution in [2.75, 3.05) is 13.2 Å². The SMILES string of the molecule is CC(NC1CCOCC1)c1ccc(Br)o1. The molecule has 3 nitrogen and oxygen atoms in total. The highest BCUT2D eigenvalue weighted by molar-refractivity contribution is 9.10. The van der Waals surface area contributed by atoms with Crippen molar-refractivity contribution in [3.8, 4) is 0 Å². The molecule has 1 saturated heterocycles. The number of hydrogen-bond acceptors (Lipinski definition) is 3. The van der Waals surface area contributed by atoms with Gasteiger partial charge in [-0.25, -0.2) is 0 Å². The summed E-state index contributed by atoms with van der Waals surface area (Å²) in [6.07, 6.45) is 2.18. The summed E-state index contributed by atoms with van der Waals surface area (Å²) in [5, 5.41) is 3.55. The van der Waals surface area contributed by atoms with Crippen molar-refractivity contribution in [1.82, 2.24) is 5.32 Å². The Bertz CT molecular complexity index is 307. The van der Waals surface area contributed by atoms with Crippen LogP contribution in [0.5, 0.6) is 0 Å². The van der Waals surface area contributed by atoms with Crippen LogP contribution in [0.3, 0.4) is 0 Å². The summed E-state index contributed by atoms with van der Waals surface area (Å²) in [6.45, 7) is 3.86. The molecule has 84 valence electrons. The Kier molecular flexibility index (Phi) is 3.83. The minimum Gasteiger partial charge on any atom is -0.453 e. The molecule has 0 saturated carbocycles.